The van der Waals surface area contributed by atoms with Crippen molar-refractivity contribution in [2.75, 3.05) is 6.26 Å². The summed E-state index contributed by atoms with van der Waals surface area (Å²) in [5, 5.41) is 9.25. The molecule has 0 bridgehead atoms. The quantitative estimate of drug-likeness (QED) is 0.595. The van der Waals surface area contributed by atoms with Crippen LogP contribution in [0.1, 0.15) is 15.9 Å². The van der Waals surface area contributed by atoms with Gasteiger partial charge in [0, 0.05) is 0 Å². The van der Waals surface area contributed by atoms with Crippen LogP contribution < -0.4 is 5.73 Å². The highest BCUT2D eigenvalue weighted by atomic mass is 32.2. The van der Waals surface area contributed by atoms with Crippen molar-refractivity contribution in [1.29, 1.82) is 0 Å². The van der Waals surface area contributed by atoms with Gasteiger partial charge in [-0.1, -0.05) is 11.8 Å². The Bertz CT molecular complexity index is 416. The van der Waals surface area contributed by atoms with Gasteiger partial charge in [-0.3, -0.25) is 0 Å². The van der Waals surface area contributed by atoms with E-state index in [0.29, 0.717) is 10.9 Å². The lowest BCUT2D eigenvalue weighted by molar-refractivity contribution is 0.0697. The van der Waals surface area contributed by atoms with Crippen LogP contribution in [0.3, 0.4) is 0 Å². The molecule has 4 nitrogen and oxygen atoms in total. The number of amidine groups is 1. The van der Waals surface area contributed by atoms with Crippen molar-refractivity contribution in [3.05, 3.63) is 29.3 Å². The number of hydrogen-bond acceptors (Lipinski definition) is 3. The molecule has 0 aliphatic heterocycles. The van der Waals surface area contributed by atoms with Gasteiger partial charge in [0.1, 0.15) is 0 Å². The van der Waals surface area contributed by atoms with Crippen LogP contribution in [0.15, 0.2) is 23.2 Å². The van der Waals surface area contributed by atoms with Crippen LogP contribution in [0.5, 0.6) is 0 Å². The number of hydrogen-bond donors (Lipinski definition) is 2. The Kier molecular flexibility index (Phi) is 3.74. The summed E-state index contributed by atoms with van der Waals surface area (Å²) >= 11 is 1.32. The van der Waals surface area contributed by atoms with E-state index in [1.807, 2.05) is 13.2 Å². The van der Waals surface area contributed by atoms with E-state index < -0.39 is 5.97 Å². The summed E-state index contributed by atoms with van der Waals surface area (Å²) < 4.78 is 0. The monoisotopic (exact) mass is 224 g/mol. The van der Waals surface area contributed by atoms with Crippen molar-refractivity contribution in [1.82, 2.24) is 0 Å². The van der Waals surface area contributed by atoms with E-state index >= 15 is 0 Å². The highest BCUT2D eigenvalue weighted by Gasteiger charge is 2.04. The summed E-state index contributed by atoms with van der Waals surface area (Å²) in [5.74, 6) is -0.960. The number of nitrogens with zero attached hydrogens (tertiary/aromatic N) is 1. The molecular formula is C10H12N2O2S. The van der Waals surface area contributed by atoms with Crippen molar-refractivity contribution < 1.29 is 9.90 Å². The second kappa shape index (κ2) is 4.84. The van der Waals surface area contributed by atoms with Crippen LogP contribution >= 0.6 is 11.8 Å². The number of carboxylic acid groups (broad SMARTS) is 1. The maximum Gasteiger partial charge on any atom is 0.335 e. The van der Waals surface area contributed by atoms with Crippen molar-refractivity contribution >= 4 is 28.6 Å². The Morgan fingerprint density at radius 2 is 2.13 bits per heavy atom. The maximum atomic E-state index is 10.8. The molecule has 0 heterocycles. The molecule has 0 aliphatic rings. The first kappa shape index (κ1) is 11.6. The SMILES string of the molecule is CS/C(N)=N\c1cc(C)cc(C(=O)O)c1. The topological polar surface area (TPSA) is 75.7 Å². The number of aliphatic imine (C=N–C) groups is 1. The van der Waals surface area contributed by atoms with Gasteiger partial charge < -0.3 is 10.8 Å². The number of benzene rings is 1. The van der Waals surface area contributed by atoms with Crippen LogP contribution in [0.4, 0.5) is 5.69 Å². The van der Waals surface area contributed by atoms with Gasteiger partial charge in [0.15, 0.2) is 5.17 Å². The summed E-state index contributed by atoms with van der Waals surface area (Å²) in [6.45, 7) is 1.82. The number of aryl methyl sites for hydroxylation is 1. The highest BCUT2D eigenvalue weighted by molar-refractivity contribution is 8.13. The molecule has 0 fully saturated rings. The van der Waals surface area contributed by atoms with Crippen LogP contribution in [-0.4, -0.2) is 22.5 Å². The fourth-order valence-corrected chi connectivity index (χ4v) is 1.32. The predicted octanol–water partition coefficient (Wildman–Crippen LogP) is 2.00. The van der Waals surface area contributed by atoms with Crippen molar-refractivity contribution in [2.24, 2.45) is 10.7 Å². The number of nitrogens with two attached hydrogens (primary N) is 1. The zero-order chi connectivity index (χ0) is 11.4. The minimum absolute atomic E-state index is 0.225. The summed E-state index contributed by atoms with van der Waals surface area (Å²) in [6.07, 6.45) is 1.81. The van der Waals surface area contributed by atoms with Crippen LogP contribution in [0.2, 0.25) is 0 Å². The third kappa shape index (κ3) is 3.28. The summed E-state index contributed by atoms with van der Waals surface area (Å²) in [7, 11) is 0. The van der Waals surface area contributed by atoms with Gasteiger partial charge in [-0.2, -0.15) is 0 Å². The van der Waals surface area contributed by atoms with Gasteiger partial charge in [0.2, 0.25) is 0 Å². The molecule has 0 spiro atoms. The normalized spacial score (nSPS) is 11.5. The molecule has 0 saturated carbocycles. The molecule has 0 atom stereocenters. The lowest BCUT2D eigenvalue weighted by Gasteiger charge is -2.01. The van der Waals surface area contributed by atoms with E-state index in [-0.39, 0.29) is 5.56 Å². The molecule has 1 rings (SSSR count). The van der Waals surface area contributed by atoms with E-state index in [9.17, 15) is 4.79 Å². The number of carbonyl (C=O) groups is 1. The van der Waals surface area contributed by atoms with Gasteiger partial charge >= 0.3 is 5.97 Å². The van der Waals surface area contributed by atoms with E-state index in [2.05, 4.69) is 4.99 Å². The molecule has 3 N–H and O–H groups in total. The first-order valence-electron chi connectivity index (χ1n) is 4.26. The van der Waals surface area contributed by atoms with Crippen molar-refractivity contribution in [3.63, 3.8) is 0 Å². The summed E-state index contributed by atoms with van der Waals surface area (Å²) in [6, 6.07) is 4.88. The second-order valence-corrected chi connectivity index (χ2v) is 3.84. The molecule has 5 heteroatoms. The Hall–Kier alpha value is -1.49. The standard InChI is InChI=1S/C10H12N2O2S/c1-6-3-7(9(13)14)5-8(4-6)12-10(11)15-2/h3-5H,1-2H3,(H2,11,12)(H,13,14). The van der Waals surface area contributed by atoms with Gasteiger partial charge in [0.05, 0.1) is 11.3 Å². The molecular weight excluding hydrogens is 212 g/mol. The second-order valence-electron chi connectivity index (χ2n) is 3.02. The fourth-order valence-electron chi connectivity index (χ4n) is 1.12. The maximum absolute atomic E-state index is 10.8. The summed E-state index contributed by atoms with van der Waals surface area (Å²) in [4.78, 5) is 14.9. The Morgan fingerprint density at radius 1 is 1.47 bits per heavy atom. The van der Waals surface area contributed by atoms with E-state index in [0.717, 1.165) is 5.56 Å². The van der Waals surface area contributed by atoms with Crippen molar-refractivity contribution in [3.8, 4) is 0 Å². The molecule has 1 aromatic rings. The molecule has 15 heavy (non-hydrogen) atoms. The first-order valence-corrected chi connectivity index (χ1v) is 5.48. The number of rotatable bonds is 2. The van der Waals surface area contributed by atoms with E-state index in [1.54, 1.807) is 12.1 Å². The largest absolute Gasteiger partial charge is 0.478 e. The smallest absolute Gasteiger partial charge is 0.335 e. The van der Waals surface area contributed by atoms with Gasteiger partial charge in [-0.05, 0) is 36.9 Å². The number of carboxylic acids is 1. The molecule has 0 unspecified atom stereocenters. The molecule has 1 aromatic carbocycles. The Labute approximate surface area is 92.2 Å². The van der Waals surface area contributed by atoms with Crippen LogP contribution in [0, 0.1) is 6.92 Å². The Morgan fingerprint density at radius 3 is 2.67 bits per heavy atom. The fraction of sp³-hybridized carbons (Fsp3) is 0.200. The van der Waals surface area contributed by atoms with Gasteiger partial charge in [-0.15, -0.1) is 0 Å². The van der Waals surface area contributed by atoms with Crippen molar-refractivity contribution in [2.45, 2.75) is 6.92 Å². The Balaban J connectivity index is 3.15. The first-order chi connectivity index (χ1) is 7.02. The van der Waals surface area contributed by atoms with Crippen LogP contribution in [-0.2, 0) is 0 Å². The zero-order valence-electron chi connectivity index (χ0n) is 8.52. The molecule has 0 saturated heterocycles. The molecule has 0 radical (unpaired) electrons. The molecule has 0 amide bonds. The van der Waals surface area contributed by atoms with Crippen LogP contribution in [0.25, 0.3) is 0 Å². The van der Waals surface area contributed by atoms with Gasteiger partial charge in [0.25, 0.3) is 0 Å². The lowest BCUT2D eigenvalue weighted by Crippen LogP contribution is -2.04. The molecule has 0 aliphatic carbocycles. The zero-order valence-corrected chi connectivity index (χ0v) is 9.34. The minimum atomic E-state index is -0.960. The van der Waals surface area contributed by atoms with Gasteiger partial charge in [-0.25, -0.2) is 9.79 Å². The number of thioether (sulfide) groups is 1. The van der Waals surface area contributed by atoms with E-state index in [1.165, 1.54) is 17.8 Å². The minimum Gasteiger partial charge on any atom is -0.478 e. The molecule has 80 valence electrons. The third-order valence-corrected chi connectivity index (χ3v) is 2.27. The highest BCUT2D eigenvalue weighted by Crippen LogP contribution is 2.18. The summed E-state index contributed by atoms with van der Waals surface area (Å²) in [5.41, 5.74) is 7.19. The average molecular weight is 224 g/mol. The third-order valence-electron chi connectivity index (χ3n) is 1.76. The molecule has 0 aromatic heterocycles. The number of aromatic carboxylic acids is 1. The lowest BCUT2D eigenvalue weighted by atomic mass is 10.1. The van der Waals surface area contributed by atoms with E-state index in [4.69, 9.17) is 10.8 Å². The average Bonchev–Trinajstić information content (AvgIpc) is 2.16. The predicted molar refractivity (Wildman–Crippen MR) is 62.9 cm³/mol.